The van der Waals surface area contributed by atoms with E-state index in [0.29, 0.717) is 31.5 Å². The highest BCUT2D eigenvalue weighted by Gasteiger charge is 2.34. The highest BCUT2D eigenvalue weighted by atomic mass is 19.1. The third-order valence-corrected chi connectivity index (χ3v) is 4.48. The Balaban J connectivity index is 1.97. The Kier molecular flexibility index (Phi) is 5.77. The fourth-order valence-electron chi connectivity index (χ4n) is 3.13. The molecule has 7 heteroatoms. The molecule has 1 aliphatic heterocycles. The van der Waals surface area contributed by atoms with Crippen molar-refractivity contribution < 1.29 is 23.8 Å². The van der Waals surface area contributed by atoms with Crippen molar-refractivity contribution in [3.05, 3.63) is 29.6 Å². The highest BCUT2D eigenvalue weighted by molar-refractivity contribution is 5.80. The summed E-state index contributed by atoms with van der Waals surface area (Å²) < 4.78 is 18.6. The first-order valence-electron chi connectivity index (χ1n) is 7.84. The standard InChI is InChI=1S/C17H23FN2O4/c1-19-10-12(5-6-14(19)17(22)23)16(21)20(2)9-11-4-7-15(24-3)13(18)8-11/h4,7-8,12,14H,5-6,9-10H2,1-3H3,(H,22,23). The molecule has 0 bridgehead atoms. The van der Waals surface area contributed by atoms with Gasteiger partial charge in [-0.05, 0) is 37.6 Å². The van der Waals surface area contributed by atoms with E-state index in [-0.39, 0.29) is 17.6 Å². The zero-order chi connectivity index (χ0) is 17.9. The molecule has 1 aromatic rings. The number of nitrogens with zero attached hydrogens (tertiary/aromatic N) is 2. The quantitative estimate of drug-likeness (QED) is 0.883. The van der Waals surface area contributed by atoms with E-state index < -0.39 is 17.8 Å². The van der Waals surface area contributed by atoms with E-state index in [1.807, 2.05) is 0 Å². The fraction of sp³-hybridized carbons (Fsp3) is 0.529. The normalized spacial score (nSPS) is 21.3. The van der Waals surface area contributed by atoms with Crippen LogP contribution in [-0.4, -0.2) is 60.6 Å². The summed E-state index contributed by atoms with van der Waals surface area (Å²) in [4.78, 5) is 26.9. The van der Waals surface area contributed by atoms with Crippen LogP contribution in [0.2, 0.25) is 0 Å². The molecular formula is C17H23FN2O4. The maximum Gasteiger partial charge on any atom is 0.320 e. The van der Waals surface area contributed by atoms with Gasteiger partial charge in [0.2, 0.25) is 5.91 Å². The number of benzene rings is 1. The van der Waals surface area contributed by atoms with Crippen LogP contribution >= 0.6 is 0 Å². The first kappa shape index (κ1) is 18.2. The van der Waals surface area contributed by atoms with Crippen LogP contribution in [0.1, 0.15) is 18.4 Å². The molecule has 1 N–H and O–H groups in total. The molecule has 0 saturated carbocycles. The molecule has 0 radical (unpaired) electrons. The van der Waals surface area contributed by atoms with Crippen LogP contribution in [0.25, 0.3) is 0 Å². The summed E-state index contributed by atoms with van der Waals surface area (Å²) in [6.45, 7) is 0.708. The van der Waals surface area contributed by atoms with Gasteiger partial charge in [-0.15, -0.1) is 0 Å². The Morgan fingerprint density at radius 2 is 2.12 bits per heavy atom. The highest BCUT2D eigenvalue weighted by Crippen LogP contribution is 2.24. The smallest absolute Gasteiger partial charge is 0.320 e. The predicted octanol–water partition coefficient (Wildman–Crippen LogP) is 1.59. The van der Waals surface area contributed by atoms with Gasteiger partial charge in [-0.3, -0.25) is 14.5 Å². The largest absolute Gasteiger partial charge is 0.494 e. The summed E-state index contributed by atoms with van der Waals surface area (Å²) in [5, 5.41) is 9.12. The number of carbonyl (C=O) groups excluding carboxylic acids is 1. The number of halogens is 1. The van der Waals surface area contributed by atoms with Crippen LogP contribution in [0, 0.1) is 11.7 Å². The van der Waals surface area contributed by atoms with Crippen LogP contribution < -0.4 is 4.74 Å². The van der Waals surface area contributed by atoms with E-state index >= 15 is 0 Å². The second-order valence-electron chi connectivity index (χ2n) is 6.23. The van der Waals surface area contributed by atoms with Crippen LogP contribution in [0.3, 0.4) is 0 Å². The number of likely N-dealkylation sites (tertiary alicyclic amines) is 1. The van der Waals surface area contributed by atoms with Gasteiger partial charge in [-0.2, -0.15) is 0 Å². The third kappa shape index (κ3) is 4.03. The molecule has 132 valence electrons. The van der Waals surface area contributed by atoms with E-state index in [9.17, 15) is 14.0 Å². The van der Waals surface area contributed by atoms with E-state index in [1.165, 1.54) is 19.2 Å². The topological polar surface area (TPSA) is 70.1 Å². The van der Waals surface area contributed by atoms with Crippen molar-refractivity contribution in [2.75, 3.05) is 27.7 Å². The minimum atomic E-state index is -0.856. The number of aliphatic carboxylic acids is 1. The lowest BCUT2D eigenvalue weighted by atomic mass is 9.92. The van der Waals surface area contributed by atoms with Crippen molar-refractivity contribution in [2.24, 2.45) is 5.92 Å². The van der Waals surface area contributed by atoms with E-state index in [0.717, 1.165) is 0 Å². The van der Waals surface area contributed by atoms with Crippen molar-refractivity contribution in [3.8, 4) is 5.75 Å². The Bertz CT molecular complexity index is 623. The number of carboxylic acids is 1. The average Bonchev–Trinajstić information content (AvgIpc) is 2.53. The van der Waals surface area contributed by atoms with E-state index in [4.69, 9.17) is 9.84 Å². The van der Waals surface area contributed by atoms with Gasteiger partial charge in [0.15, 0.2) is 11.6 Å². The Hall–Kier alpha value is -2.15. The number of hydrogen-bond donors (Lipinski definition) is 1. The number of piperidine rings is 1. The minimum Gasteiger partial charge on any atom is -0.494 e. The monoisotopic (exact) mass is 338 g/mol. The predicted molar refractivity (Wildman–Crippen MR) is 86.2 cm³/mol. The molecule has 1 fully saturated rings. The van der Waals surface area contributed by atoms with Gasteiger partial charge in [0, 0.05) is 20.1 Å². The number of carbonyl (C=O) groups is 2. The molecule has 0 aliphatic carbocycles. The number of amides is 1. The zero-order valence-corrected chi connectivity index (χ0v) is 14.2. The number of likely N-dealkylation sites (N-methyl/N-ethyl adjacent to an activating group) is 1. The minimum absolute atomic E-state index is 0.0538. The van der Waals surface area contributed by atoms with Gasteiger partial charge >= 0.3 is 5.97 Å². The van der Waals surface area contributed by atoms with E-state index in [1.54, 1.807) is 30.0 Å². The second-order valence-corrected chi connectivity index (χ2v) is 6.23. The summed E-state index contributed by atoms with van der Waals surface area (Å²) in [6, 6.07) is 4.08. The second kappa shape index (κ2) is 7.61. The molecule has 1 heterocycles. The molecule has 1 saturated heterocycles. The van der Waals surface area contributed by atoms with Crippen LogP contribution in [0.15, 0.2) is 18.2 Å². The van der Waals surface area contributed by atoms with Gasteiger partial charge in [0.05, 0.1) is 13.0 Å². The molecule has 2 unspecified atom stereocenters. The van der Waals surface area contributed by atoms with Gasteiger partial charge in [0.1, 0.15) is 6.04 Å². The molecule has 0 aromatic heterocycles. The van der Waals surface area contributed by atoms with Crippen molar-refractivity contribution in [1.29, 1.82) is 0 Å². The van der Waals surface area contributed by atoms with Gasteiger partial charge < -0.3 is 14.7 Å². The summed E-state index contributed by atoms with van der Waals surface area (Å²) in [5.74, 6) is -1.44. The van der Waals surface area contributed by atoms with Gasteiger partial charge in [-0.1, -0.05) is 6.07 Å². The van der Waals surface area contributed by atoms with Gasteiger partial charge in [-0.25, -0.2) is 4.39 Å². The van der Waals surface area contributed by atoms with Crippen molar-refractivity contribution in [3.63, 3.8) is 0 Å². The van der Waals surface area contributed by atoms with Crippen molar-refractivity contribution in [2.45, 2.75) is 25.4 Å². The zero-order valence-electron chi connectivity index (χ0n) is 14.2. The lowest BCUT2D eigenvalue weighted by Crippen LogP contribution is -2.49. The molecule has 1 aromatic carbocycles. The van der Waals surface area contributed by atoms with E-state index in [2.05, 4.69) is 0 Å². The Morgan fingerprint density at radius 1 is 1.42 bits per heavy atom. The summed E-state index contributed by atoms with van der Waals surface area (Å²) >= 11 is 0. The summed E-state index contributed by atoms with van der Waals surface area (Å²) in [5.41, 5.74) is 0.678. The lowest BCUT2D eigenvalue weighted by Gasteiger charge is -2.35. The van der Waals surface area contributed by atoms with Crippen molar-refractivity contribution in [1.82, 2.24) is 9.80 Å². The van der Waals surface area contributed by atoms with Crippen LogP contribution in [0.5, 0.6) is 5.75 Å². The number of hydrogen-bond acceptors (Lipinski definition) is 4. The SMILES string of the molecule is COc1ccc(CN(C)C(=O)C2CCC(C(=O)O)N(C)C2)cc1F. The maximum absolute atomic E-state index is 13.7. The first-order chi connectivity index (χ1) is 11.3. The van der Waals surface area contributed by atoms with Crippen LogP contribution in [0.4, 0.5) is 4.39 Å². The average molecular weight is 338 g/mol. The molecule has 1 aliphatic rings. The third-order valence-electron chi connectivity index (χ3n) is 4.48. The van der Waals surface area contributed by atoms with Crippen LogP contribution in [-0.2, 0) is 16.1 Å². The Morgan fingerprint density at radius 3 is 2.67 bits per heavy atom. The molecule has 24 heavy (non-hydrogen) atoms. The molecule has 2 rings (SSSR count). The molecule has 0 spiro atoms. The molecule has 6 nitrogen and oxygen atoms in total. The van der Waals surface area contributed by atoms with Crippen molar-refractivity contribution >= 4 is 11.9 Å². The fourth-order valence-corrected chi connectivity index (χ4v) is 3.13. The number of ether oxygens (including phenoxy) is 1. The number of carboxylic acid groups (broad SMARTS) is 1. The first-order valence-corrected chi connectivity index (χ1v) is 7.84. The summed E-state index contributed by atoms with van der Waals surface area (Å²) in [7, 11) is 4.79. The lowest BCUT2D eigenvalue weighted by molar-refractivity contribution is -0.147. The molecule has 1 amide bonds. The number of methoxy groups -OCH3 is 1. The van der Waals surface area contributed by atoms with Gasteiger partial charge in [0.25, 0.3) is 0 Å². The molecular weight excluding hydrogens is 315 g/mol. The maximum atomic E-state index is 13.7. The summed E-state index contributed by atoms with van der Waals surface area (Å²) in [6.07, 6.45) is 0.995. The molecule has 2 atom stereocenters. The Labute approximate surface area is 140 Å². The number of rotatable bonds is 5.